The number of carbonyl (C=O) groups is 2. The molecule has 2 rings (SSSR count). The SMILES string of the molecule is C=CCN(C(C)C(=O)c1c(C)c(C(=O)OC)n(CC)c1C)S(=O)(=O)c1ccc(C)cc1. The first-order valence-corrected chi connectivity index (χ1v) is 11.5. The number of sulfonamides is 1. The summed E-state index contributed by atoms with van der Waals surface area (Å²) in [6.07, 6.45) is 1.45. The zero-order valence-electron chi connectivity index (χ0n) is 18.9. The Morgan fingerprint density at radius 1 is 1.19 bits per heavy atom. The van der Waals surface area contributed by atoms with Crippen LogP contribution >= 0.6 is 0 Å². The quantitative estimate of drug-likeness (QED) is 0.333. The molecule has 0 amide bonds. The van der Waals surface area contributed by atoms with Crippen LogP contribution in [0, 0.1) is 20.8 Å². The molecule has 1 unspecified atom stereocenters. The third kappa shape index (κ3) is 4.50. The summed E-state index contributed by atoms with van der Waals surface area (Å²) in [7, 11) is -2.66. The Bertz CT molecular complexity index is 1100. The van der Waals surface area contributed by atoms with Crippen LogP contribution in [0.3, 0.4) is 0 Å². The number of hydrogen-bond acceptors (Lipinski definition) is 5. The Balaban J connectivity index is 2.57. The van der Waals surface area contributed by atoms with Crippen LogP contribution in [0.15, 0.2) is 41.8 Å². The maximum absolute atomic E-state index is 13.5. The fourth-order valence-electron chi connectivity index (χ4n) is 3.79. The average molecular weight is 447 g/mol. The Hall–Kier alpha value is -2.71. The molecule has 0 aliphatic rings. The number of aryl methyl sites for hydroxylation is 1. The van der Waals surface area contributed by atoms with Gasteiger partial charge in [-0.3, -0.25) is 4.79 Å². The monoisotopic (exact) mass is 446 g/mol. The number of benzene rings is 1. The zero-order valence-corrected chi connectivity index (χ0v) is 19.7. The van der Waals surface area contributed by atoms with Crippen LogP contribution < -0.4 is 0 Å². The van der Waals surface area contributed by atoms with E-state index in [1.54, 1.807) is 37.5 Å². The molecule has 0 saturated carbocycles. The number of ether oxygens (including phenoxy) is 1. The third-order valence-electron chi connectivity index (χ3n) is 5.46. The van der Waals surface area contributed by atoms with E-state index in [0.29, 0.717) is 29.1 Å². The summed E-state index contributed by atoms with van der Waals surface area (Å²) < 4.78 is 34.4. The van der Waals surface area contributed by atoms with Gasteiger partial charge in [0.05, 0.1) is 18.0 Å². The summed E-state index contributed by atoms with van der Waals surface area (Å²) >= 11 is 0. The van der Waals surface area contributed by atoms with Gasteiger partial charge in [0.25, 0.3) is 0 Å². The molecule has 1 aromatic carbocycles. The molecule has 7 nitrogen and oxygen atoms in total. The lowest BCUT2D eigenvalue weighted by Gasteiger charge is -2.26. The first-order chi connectivity index (χ1) is 14.5. The van der Waals surface area contributed by atoms with Crippen molar-refractivity contribution in [3.63, 3.8) is 0 Å². The first-order valence-electron chi connectivity index (χ1n) is 10.0. The topological polar surface area (TPSA) is 85.7 Å². The summed E-state index contributed by atoms with van der Waals surface area (Å²) in [6.45, 7) is 12.8. The van der Waals surface area contributed by atoms with Crippen molar-refractivity contribution < 1.29 is 22.7 Å². The molecule has 0 aliphatic carbocycles. The van der Waals surface area contributed by atoms with Crippen molar-refractivity contribution in [3.8, 4) is 0 Å². The molecule has 0 fully saturated rings. The lowest BCUT2D eigenvalue weighted by Crippen LogP contribution is -2.43. The molecular formula is C23H30N2O5S. The molecule has 0 radical (unpaired) electrons. The highest BCUT2D eigenvalue weighted by Gasteiger charge is 2.36. The van der Waals surface area contributed by atoms with E-state index in [-0.39, 0.29) is 17.2 Å². The standard InChI is InChI=1S/C23H30N2O5S/c1-8-14-25(31(28,29)19-12-10-15(3)11-13-19)18(6)22(26)20-16(4)21(23(27)30-7)24(9-2)17(20)5/h8,10-13,18H,1,9,14H2,2-7H3. The molecule has 0 N–H and O–H groups in total. The number of hydrogen-bond donors (Lipinski definition) is 0. The summed E-state index contributed by atoms with van der Waals surface area (Å²) in [5.74, 6) is -0.922. The van der Waals surface area contributed by atoms with Gasteiger partial charge >= 0.3 is 5.97 Å². The van der Waals surface area contributed by atoms with E-state index in [9.17, 15) is 18.0 Å². The van der Waals surface area contributed by atoms with E-state index >= 15 is 0 Å². The molecule has 1 atom stereocenters. The van der Waals surface area contributed by atoms with Gasteiger partial charge in [-0.1, -0.05) is 23.8 Å². The van der Waals surface area contributed by atoms with Gasteiger partial charge in [0.1, 0.15) is 5.69 Å². The van der Waals surface area contributed by atoms with Gasteiger partial charge in [-0.05, 0) is 52.3 Å². The molecular weight excluding hydrogens is 416 g/mol. The molecule has 0 aliphatic heterocycles. The highest BCUT2D eigenvalue weighted by molar-refractivity contribution is 7.89. The second-order valence-corrected chi connectivity index (χ2v) is 9.28. The maximum Gasteiger partial charge on any atom is 0.354 e. The van der Waals surface area contributed by atoms with Gasteiger partial charge in [-0.25, -0.2) is 13.2 Å². The van der Waals surface area contributed by atoms with Gasteiger partial charge in [0.15, 0.2) is 5.78 Å². The van der Waals surface area contributed by atoms with E-state index in [0.717, 1.165) is 9.87 Å². The number of aromatic nitrogens is 1. The van der Waals surface area contributed by atoms with Gasteiger partial charge in [-0.15, -0.1) is 6.58 Å². The zero-order chi connectivity index (χ0) is 23.5. The first kappa shape index (κ1) is 24.6. The minimum atomic E-state index is -3.94. The van der Waals surface area contributed by atoms with Gasteiger partial charge in [0, 0.05) is 24.3 Å². The van der Waals surface area contributed by atoms with Gasteiger partial charge < -0.3 is 9.30 Å². The summed E-state index contributed by atoms with van der Waals surface area (Å²) in [5.41, 5.74) is 2.65. The van der Waals surface area contributed by atoms with Crippen molar-refractivity contribution in [2.24, 2.45) is 0 Å². The number of ketones is 1. The highest BCUT2D eigenvalue weighted by atomic mass is 32.2. The second kappa shape index (κ2) is 9.62. The number of esters is 1. The van der Waals surface area contributed by atoms with E-state index in [1.165, 1.54) is 25.3 Å². The van der Waals surface area contributed by atoms with Crippen LogP contribution in [-0.4, -0.2) is 48.7 Å². The van der Waals surface area contributed by atoms with Crippen molar-refractivity contribution in [3.05, 3.63) is 65.0 Å². The Labute approximate surface area is 184 Å². The molecule has 8 heteroatoms. The van der Waals surface area contributed by atoms with Crippen LogP contribution in [-0.2, 0) is 21.3 Å². The molecule has 1 aromatic heterocycles. The normalized spacial score (nSPS) is 12.6. The van der Waals surface area contributed by atoms with E-state index < -0.39 is 22.0 Å². The molecule has 2 aromatic rings. The lowest BCUT2D eigenvalue weighted by molar-refractivity contribution is 0.0587. The lowest BCUT2D eigenvalue weighted by atomic mass is 10.0. The molecule has 0 saturated heterocycles. The minimum absolute atomic E-state index is 0.0282. The van der Waals surface area contributed by atoms with Gasteiger partial charge in [-0.2, -0.15) is 4.31 Å². The van der Waals surface area contributed by atoms with Crippen LogP contribution in [0.5, 0.6) is 0 Å². The summed E-state index contributed by atoms with van der Waals surface area (Å²) in [5, 5.41) is 0. The molecule has 0 bridgehead atoms. The van der Waals surface area contributed by atoms with Crippen LogP contribution in [0.2, 0.25) is 0 Å². The van der Waals surface area contributed by atoms with Crippen LogP contribution in [0.4, 0.5) is 0 Å². The van der Waals surface area contributed by atoms with Gasteiger partial charge in [0.2, 0.25) is 10.0 Å². The number of nitrogens with zero attached hydrogens (tertiary/aromatic N) is 2. The Morgan fingerprint density at radius 3 is 2.26 bits per heavy atom. The maximum atomic E-state index is 13.5. The molecule has 0 spiro atoms. The number of methoxy groups -OCH3 is 1. The van der Waals surface area contributed by atoms with Crippen molar-refractivity contribution in [1.82, 2.24) is 8.87 Å². The summed E-state index contributed by atoms with van der Waals surface area (Å²) in [4.78, 5) is 25.9. The fraction of sp³-hybridized carbons (Fsp3) is 0.391. The molecule has 168 valence electrons. The highest BCUT2D eigenvalue weighted by Crippen LogP contribution is 2.27. The van der Waals surface area contributed by atoms with E-state index in [2.05, 4.69) is 6.58 Å². The van der Waals surface area contributed by atoms with Crippen LogP contribution in [0.25, 0.3) is 0 Å². The predicted molar refractivity (Wildman–Crippen MR) is 120 cm³/mol. The largest absolute Gasteiger partial charge is 0.464 e. The van der Waals surface area contributed by atoms with Crippen molar-refractivity contribution in [2.75, 3.05) is 13.7 Å². The number of carbonyl (C=O) groups excluding carboxylic acids is 2. The predicted octanol–water partition coefficient (Wildman–Crippen LogP) is 3.67. The smallest absolute Gasteiger partial charge is 0.354 e. The number of rotatable bonds is 9. The Kier molecular flexibility index (Phi) is 7.62. The Morgan fingerprint density at radius 2 is 1.77 bits per heavy atom. The molecule has 31 heavy (non-hydrogen) atoms. The second-order valence-electron chi connectivity index (χ2n) is 7.39. The average Bonchev–Trinajstić information content (AvgIpc) is 2.99. The minimum Gasteiger partial charge on any atom is -0.464 e. The van der Waals surface area contributed by atoms with Crippen molar-refractivity contribution in [2.45, 2.75) is 52.1 Å². The van der Waals surface area contributed by atoms with E-state index in [4.69, 9.17) is 4.74 Å². The number of Topliss-reactive ketones (excluding diaryl/α,β-unsaturated/α-hetero) is 1. The third-order valence-corrected chi connectivity index (χ3v) is 7.41. The van der Waals surface area contributed by atoms with Crippen LogP contribution in [0.1, 0.15) is 51.5 Å². The fourth-order valence-corrected chi connectivity index (χ4v) is 5.35. The van der Waals surface area contributed by atoms with Crippen molar-refractivity contribution in [1.29, 1.82) is 0 Å². The molecule has 1 heterocycles. The summed E-state index contributed by atoms with van der Waals surface area (Å²) in [6, 6.07) is 5.47. The van der Waals surface area contributed by atoms with Crippen molar-refractivity contribution >= 4 is 21.8 Å². The van der Waals surface area contributed by atoms with E-state index in [1.807, 2.05) is 13.8 Å².